The second-order valence-corrected chi connectivity index (χ2v) is 11.7. The van der Waals surface area contributed by atoms with Gasteiger partial charge in [0.25, 0.3) is 5.91 Å². The van der Waals surface area contributed by atoms with Crippen LogP contribution in [0.3, 0.4) is 0 Å². The summed E-state index contributed by atoms with van der Waals surface area (Å²) in [7, 11) is 0. The van der Waals surface area contributed by atoms with Gasteiger partial charge >= 0.3 is 0 Å². The molecule has 0 radical (unpaired) electrons. The van der Waals surface area contributed by atoms with Crippen LogP contribution < -0.4 is 11.1 Å². The number of nitrogens with two attached hydrogens (primary N) is 1. The van der Waals surface area contributed by atoms with Crippen LogP contribution in [0.15, 0.2) is 40.9 Å². The highest BCUT2D eigenvalue weighted by Gasteiger charge is 2.39. The molecule has 1 saturated heterocycles. The fourth-order valence-electron chi connectivity index (χ4n) is 6.18. The van der Waals surface area contributed by atoms with Crippen LogP contribution in [0.2, 0.25) is 0 Å². The Hall–Kier alpha value is -2.71. The van der Waals surface area contributed by atoms with E-state index < -0.39 is 6.04 Å². The fraction of sp³-hybridized carbons (Fsp3) is 0.633. The van der Waals surface area contributed by atoms with E-state index in [1.165, 1.54) is 12.0 Å². The summed E-state index contributed by atoms with van der Waals surface area (Å²) in [5, 5.41) is 7.17. The highest BCUT2D eigenvalue weighted by molar-refractivity contribution is 5.96. The molecule has 38 heavy (non-hydrogen) atoms. The van der Waals surface area contributed by atoms with Gasteiger partial charge in [-0.25, -0.2) is 0 Å². The van der Waals surface area contributed by atoms with Gasteiger partial charge in [0, 0.05) is 38.3 Å². The van der Waals surface area contributed by atoms with Crippen LogP contribution in [-0.2, 0) is 11.3 Å². The summed E-state index contributed by atoms with van der Waals surface area (Å²) in [5.41, 5.74) is 7.46. The van der Waals surface area contributed by atoms with Crippen LogP contribution in [0, 0.1) is 24.7 Å². The van der Waals surface area contributed by atoms with Crippen molar-refractivity contribution in [2.45, 2.75) is 77.9 Å². The van der Waals surface area contributed by atoms with Crippen LogP contribution >= 0.6 is 0 Å². The van der Waals surface area contributed by atoms with Crippen LogP contribution in [-0.4, -0.2) is 65.0 Å². The minimum atomic E-state index is -0.544. The van der Waals surface area contributed by atoms with Gasteiger partial charge in [0.1, 0.15) is 11.8 Å². The Kier molecular flexibility index (Phi) is 9.97. The van der Waals surface area contributed by atoms with Crippen molar-refractivity contribution in [2.75, 3.05) is 26.2 Å². The summed E-state index contributed by atoms with van der Waals surface area (Å²) < 4.78 is 5.17. The molecule has 4 atom stereocenters. The molecule has 0 bridgehead atoms. The minimum Gasteiger partial charge on any atom is -0.361 e. The van der Waals surface area contributed by atoms with Crippen molar-refractivity contribution in [3.05, 3.63) is 53.4 Å². The molecule has 1 saturated carbocycles. The summed E-state index contributed by atoms with van der Waals surface area (Å²) in [4.78, 5) is 31.4. The zero-order valence-electron chi connectivity index (χ0n) is 23.3. The first-order chi connectivity index (χ1) is 18.3. The van der Waals surface area contributed by atoms with Crippen molar-refractivity contribution < 1.29 is 14.1 Å². The summed E-state index contributed by atoms with van der Waals surface area (Å²) >= 11 is 0. The van der Waals surface area contributed by atoms with E-state index >= 15 is 0 Å². The third-order valence-corrected chi connectivity index (χ3v) is 8.12. The number of hydrogen-bond acceptors (Lipinski definition) is 6. The zero-order valence-corrected chi connectivity index (χ0v) is 23.3. The number of aromatic nitrogens is 1. The molecule has 4 rings (SSSR count). The van der Waals surface area contributed by atoms with E-state index in [-0.39, 0.29) is 23.6 Å². The third-order valence-electron chi connectivity index (χ3n) is 8.12. The number of likely N-dealkylation sites (tertiary alicyclic amines) is 1. The number of carbonyl (C=O) groups excluding carboxylic acids is 2. The molecule has 8 nitrogen and oxygen atoms in total. The van der Waals surface area contributed by atoms with E-state index in [9.17, 15) is 9.59 Å². The van der Waals surface area contributed by atoms with Crippen molar-refractivity contribution in [1.29, 1.82) is 0 Å². The van der Waals surface area contributed by atoms with Gasteiger partial charge in [0.2, 0.25) is 5.91 Å². The average Bonchev–Trinajstić information content (AvgIpc) is 3.37. The van der Waals surface area contributed by atoms with Crippen LogP contribution in [0.5, 0.6) is 0 Å². The molecule has 2 amide bonds. The predicted octanol–water partition coefficient (Wildman–Crippen LogP) is 4.00. The van der Waals surface area contributed by atoms with E-state index in [0.29, 0.717) is 49.6 Å². The van der Waals surface area contributed by atoms with Gasteiger partial charge in [-0.2, -0.15) is 0 Å². The van der Waals surface area contributed by atoms with Crippen LogP contribution in [0.4, 0.5) is 0 Å². The van der Waals surface area contributed by atoms with Crippen molar-refractivity contribution in [3.63, 3.8) is 0 Å². The number of nitrogens with zero attached hydrogens (tertiary/aromatic N) is 3. The molecule has 2 aliphatic rings. The van der Waals surface area contributed by atoms with Gasteiger partial charge < -0.3 is 20.5 Å². The molecule has 3 N–H and O–H groups in total. The van der Waals surface area contributed by atoms with Gasteiger partial charge in [-0.15, -0.1) is 0 Å². The third kappa shape index (κ3) is 7.44. The van der Waals surface area contributed by atoms with E-state index in [2.05, 4.69) is 53.5 Å². The molecule has 208 valence electrons. The van der Waals surface area contributed by atoms with Crippen LogP contribution in [0.25, 0.3) is 0 Å². The Morgan fingerprint density at radius 1 is 1.16 bits per heavy atom. The Morgan fingerprint density at radius 3 is 2.61 bits per heavy atom. The van der Waals surface area contributed by atoms with E-state index in [0.717, 1.165) is 38.8 Å². The lowest BCUT2D eigenvalue weighted by Crippen LogP contribution is -2.58. The molecular weight excluding hydrogens is 478 g/mol. The number of amides is 2. The number of rotatable bonds is 10. The van der Waals surface area contributed by atoms with Crippen molar-refractivity contribution in [2.24, 2.45) is 23.5 Å². The number of benzene rings is 1. The summed E-state index contributed by atoms with van der Waals surface area (Å²) in [5.74, 6) is 1.76. The first-order valence-corrected chi connectivity index (χ1v) is 14.3. The SMILES string of the molecule is Cc1cc(C(=O)N2CCC(N(Cc3ccccc3)CC(C)C)C[C@@H]2C(=O)NCC2CCCC(CN)C2)no1. The lowest BCUT2D eigenvalue weighted by atomic mass is 9.81. The fourth-order valence-corrected chi connectivity index (χ4v) is 6.18. The standard InChI is InChI=1S/C30H45N5O3/c1-21(2)19-34(20-23-8-5-4-6-9-23)26-12-13-35(30(37)27-14-22(3)38-33-27)28(16-26)29(36)32-18-25-11-7-10-24(15-25)17-31/h4-6,8-9,14,21,24-26,28H,7,10-13,15-20,31H2,1-3H3,(H,32,36)/t24?,25?,26?,28-/m1/s1. The van der Waals surface area contributed by atoms with E-state index in [1.54, 1.807) is 17.9 Å². The molecule has 3 unspecified atom stereocenters. The van der Waals surface area contributed by atoms with Gasteiger partial charge in [-0.3, -0.25) is 14.5 Å². The smallest absolute Gasteiger partial charge is 0.276 e. The maximum atomic E-state index is 13.7. The molecule has 1 aromatic carbocycles. The quantitative estimate of drug-likeness (QED) is 0.488. The Balaban J connectivity index is 1.50. The van der Waals surface area contributed by atoms with E-state index in [1.807, 2.05) is 6.07 Å². The molecule has 2 heterocycles. The highest BCUT2D eigenvalue weighted by Crippen LogP contribution is 2.29. The highest BCUT2D eigenvalue weighted by atomic mass is 16.5. The lowest BCUT2D eigenvalue weighted by molar-refractivity contribution is -0.128. The summed E-state index contributed by atoms with van der Waals surface area (Å²) in [6, 6.07) is 11.8. The Bertz CT molecular complexity index is 1040. The maximum Gasteiger partial charge on any atom is 0.276 e. The van der Waals surface area contributed by atoms with Gasteiger partial charge in [0.15, 0.2) is 5.69 Å². The molecule has 1 aliphatic carbocycles. The topological polar surface area (TPSA) is 105 Å². The maximum absolute atomic E-state index is 13.7. The zero-order chi connectivity index (χ0) is 27.1. The Morgan fingerprint density at radius 2 is 1.92 bits per heavy atom. The number of nitrogens with one attached hydrogen (secondary N) is 1. The molecule has 1 aromatic heterocycles. The number of aryl methyl sites for hydroxylation is 1. The Labute approximate surface area is 227 Å². The summed E-state index contributed by atoms with van der Waals surface area (Å²) in [6.07, 6.45) is 5.93. The first kappa shape index (κ1) is 28.3. The van der Waals surface area contributed by atoms with Crippen LogP contribution in [0.1, 0.15) is 74.2 Å². The van der Waals surface area contributed by atoms with Crippen molar-refractivity contribution in [1.82, 2.24) is 20.3 Å². The van der Waals surface area contributed by atoms with E-state index in [4.69, 9.17) is 10.3 Å². The van der Waals surface area contributed by atoms with Gasteiger partial charge in [-0.05, 0) is 68.9 Å². The predicted molar refractivity (Wildman–Crippen MR) is 148 cm³/mol. The van der Waals surface area contributed by atoms with Gasteiger partial charge in [0.05, 0.1) is 0 Å². The lowest BCUT2D eigenvalue weighted by Gasteiger charge is -2.43. The van der Waals surface area contributed by atoms with Gasteiger partial charge in [-0.1, -0.05) is 55.8 Å². The monoisotopic (exact) mass is 523 g/mol. The second kappa shape index (κ2) is 13.4. The summed E-state index contributed by atoms with van der Waals surface area (Å²) in [6.45, 7) is 9.85. The number of hydrogen-bond donors (Lipinski definition) is 2. The van der Waals surface area contributed by atoms with Crippen molar-refractivity contribution in [3.8, 4) is 0 Å². The normalized spacial score (nSPS) is 24.1. The van der Waals surface area contributed by atoms with Crippen molar-refractivity contribution >= 4 is 11.8 Å². The largest absolute Gasteiger partial charge is 0.361 e. The molecule has 2 fully saturated rings. The molecule has 8 heteroatoms. The number of piperidine rings is 1. The molecule has 0 spiro atoms. The average molecular weight is 524 g/mol. The molecular formula is C30H45N5O3. The minimum absolute atomic E-state index is 0.0673. The second-order valence-electron chi connectivity index (χ2n) is 11.7. The first-order valence-electron chi connectivity index (χ1n) is 14.3. The molecule has 2 aromatic rings. The number of carbonyl (C=O) groups is 2. The molecule has 1 aliphatic heterocycles.